The molecule has 1 nitrogen and oxygen atoms in total. The van der Waals surface area contributed by atoms with E-state index in [-0.39, 0.29) is 11.7 Å². The average molecular weight is 198 g/mol. The van der Waals surface area contributed by atoms with E-state index in [1.807, 2.05) is 27.7 Å². The first-order chi connectivity index (χ1) is 6.66. The first-order valence-electron chi connectivity index (χ1n) is 4.99. The van der Waals surface area contributed by atoms with Crippen molar-refractivity contribution in [1.29, 1.82) is 0 Å². The topological polar surface area (TPSA) is 9.23 Å². The molecule has 0 saturated carbocycles. The largest absolute Gasteiger partial charge is 0.494 e. The van der Waals surface area contributed by atoms with Crippen molar-refractivity contribution in [3.8, 4) is 5.75 Å². The van der Waals surface area contributed by atoms with Crippen LogP contribution in [0, 0.1) is 5.82 Å². The normalized spacial score (nSPS) is 9.36. The van der Waals surface area contributed by atoms with Crippen molar-refractivity contribution in [2.75, 3.05) is 7.11 Å². The van der Waals surface area contributed by atoms with Crippen LogP contribution in [0.3, 0.4) is 0 Å². The summed E-state index contributed by atoms with van der Waals surface area (Å²) in [6, 6.07) is 5.21. The Kier molecular flexibility index (Phi) is 5.93. The Bertz CT molecular complexity index is 269. The Morgan fingerprint density at radius 3 is 2.21 bits per heavy atom. The zero-order valence-corrected chi connectivity index (χ0v) is 9.60. The van der Waals surface area contributed by atoms with Crippen molar-refractivity contribution >= 4 is 0 Å². The van der Waals surface area contributed by atoms with Crippen LogP contribution in [0.4, 0.5) is 4.39 Å². The Morgan fingerprint density at radius 1 is 1.21 bits per heavy atom. The SMILES string of the molecule is CC.COc1cccc(C(C)C)c1F. The van der Waals surface area contributed by atoms with Gasteiger partial charge in [-0.05, 0) is 17.5 Å². The van der Waals surface area contributed by atoms with Crippen LogP contribution in [0.5, 0.6) is 5.75 Å². The highest BCUT2D eigenvalue weighted by molar-refractivity contribution is 5.32. The van der Waals surface area contributed by atoms with Gasteiger partial charge >= 0.3 is 0 Å². The van der Waals surface area contributed by atoms with Crippen LogP contribution in [-0.4, -0.2) is 7.11 Å². The number of hydrogen-bond acceptors (Lipinski definition) is 1. The molecule has 0 N–H and O–H groups in total. The Hall–Kier alpha value is -1.05. The summed E-state index contributed by atoms with van der Waals surface area (Å²) in [6.45, 7) is 7.91. The summed E-state index contributed by atoms with van der Waals surface area (Å²) in [5.41, 5.74) is 0.703. The molecule has 0 spiro atoms. The Balaban J connectivity index is 0.000000791. The molecule has 14 heavy (non-hydrogen) atoms. The summed E-state index contributed by atoms with van der Waals surface area (Å²) in [5, 5.41) is 0. The third kappa shape index (κ3) is 3.02. The average Bonchev–Trinajstić information content (AvgIpc) is 2.21. The van der Waals surface area contributed by atoms with E-state index in [1.165, 1.54) is 7.11 Å². The lowest BCUT2D eigenvalue weighted by Crippen LogP contribution is -1.96. The standard InChI is InChI=1S/C10H13FO.C2H6/c1-7(2)8-5-4-6-9(12-3)10(8)11;1-2/h4-7H,1-3H3;1-2H3. The molecule has 1 aromatic carbocycles. The first kappa shape index (κ1) is 12.9. The molecule has 1 aromatic rings. The van der Waals surface area contributed by atoms with Crippen LogP contribution in [0.25, 0.3) is 0 Å². The molecule has 0 atom stereocenters. The van der Waals surface area contributed by atoms with Gasteiger partial charge in [0.2, 0.25) is 0 Å². The van der Waals surface area contributed by atoms with Crippen LogP contribution < -0.4 is 4.74 Å². The quantitative estimate of drug-likeness (QED) is 0.698. The predicted molar refractivity (Wildman–Crippen MR) is 58.4 cm³/mol. The van der Waals surface area contributed by atoms with Gasteiger partial charge in [-0.25, -0.2) is 4.39 Å². The molecular weight excluding hydrogens is 179 g/mol. The molecule has 1 rings (SSSR count). The molecule has 0 saturated heterocycles. The molecule has 0 aliphatic rings. The molecule has 0 amide bonds. The monoisotopic (exact) mass is 198 g/mol. The highest BCUT2D eigenvalue weighted by Crippen LogP contribution is 2.25. The second-order valence-electron chi connectivity index (χ2n) is 3.02. The maximum Gasteiger partial charge on any atom is 0.168 e. The van der Waals surface area contributed by atoms with E-state index in [4.69, 9.17) is 4.74 Å². The van der Waals surface area contributed by atoms with E-state index in [1.54, 1.807) is 18.2 Å². The van der Waals surface area contributed by atoms with Crippen LogP contribution in [0.1, 0.15) is 39.2 Å². The van der Waals surface area contributed by atoms with Crippen LogP contribution in [-0.2, 0) is 0 Å². The summed E-state index contributed by atoms with van der Waals surface area (Å²) in [7, 11) is 1.47. The van der Waals surface area contributed by atoms with E-state index in [0.29, 0.717) is 11.3 Å². The van der Waals surface area contributed by atoms with E-state index >= 15 is 0 Å². The number of rotatable bonds is 2. The van der Waals surface area contributed by atoms with E-state index in [9.17, 15) is 4.39 Å². The van der Waals surface area contributed by atoms with Gasteiger partial charge in [-0.2, -0.15) is 0 Å². The highest BCUT2D eigenvalue weighted by atomic mass is 19.1. The predicted octanol–water partition coefficient (Wildman–Crippen LogP) is 3.98. The maximum absolute atomic E-state index is 13.4. The van der Waals surface area contributed by atoms with Gasteiger partial charge in [-0.3, -0.25) is 0 Å². The van der Waals surface area contributed by atoms with Crippen molar-refractivity contribution in [1.82, 2.24) is 0 Å². The van der Waals surface area contributed by atoms with Gasteiger partial charge < -0.3 is 4.74 Å². The third-order valence-corrected chi connectivity index (χ3v) is 1.84. The second-order valence-corrected chi connectivity index (χ2v) is 3.02. The lowest BCUT2D eigenvalue weighted by Gasteiger charge is -2.09. The zero-order valence-electron chi connectivity index (χ0n) is 9.60. The number of methoxy groups -OCH3 is 1. The number of halogens is 1. The lowest BCUT2D eigenvalue weighted by atomic mass is 10.0. The fourth-order valence-electron chi connectivity index (χ4n) is 1.13. The summed E-state index contributed by atoms with van der Waals surface area (Å²) in [4.78, 5) is 0. The molecule has 0 bridgehead atoms. The van der Waals surface area contributed by atoms with Gasteiger partial charge in [-0.15, -0.1) is 0 Å². The van der Waals surface area contributed by atoms with Crippen molar-refractivity contribution in [2.45, 2.75) is 33.6 Å². The molecule has 0 aliphatic heterocycles. The fraction of sp³-hybridized carbons (Fsp3) is 0.500. The molecule has 0 aliphatic carbocycles. The molecule has 2 heteroatoms. The fourth-order valence-corrected chi connectivity index (χ4v) is 1.13. The number of hydrogen-bond donors (Lipinski definition) is 0. The minimum Gasteiger partial charge on any atom is -0.494 e. The van der Waals surface area contributed by atoms with Gasteiger partial charge in [0.25, 0.3) is 0 Å². The summed E-state index contributed by atoms with van der Waals surface area (Å²) >= 11 is 0. The van der Waals surface area contributed by atoms with Crippen molar-refractivity contribution in [2.24, 2.45) is 0 Å². The minimum atomic E-state index is -0.241. The van der Waals surface area contributed by atoms with Crippen LogP contribution >= 0.6 is 0 Å². The van der Waals surface area contributed by atoms with Crippen LogP contribution in [0.15, 0.2) is 18.2 Å². The van der Waals surface area contributed by atoms with Gasteiger partial charge in [0.05, 0.1) is 7.11 Å². The molecule has 0 heterocycles. The van der Waals surface area contributed by atoms with Crippen molar-refractivity contribution < 1.29 is 9.13 Å². The Labute approximate surface area is 85.9 Å². The van der Waals surface area contributed by atoms with Gasteiger partial charge in [0.1, 0.15) is 0 Å². The molecule has 80 valence electrons. The third-order valence-electron chi connectivity index (χ3n) is 1.84. The Morgan fingerprint density at radius 2 is 1.79 bits per heavy atom. The lowest BCUT2D eigenvalue weighted by molar-refractivity contribution is 0.383. The van der Waals surface area contributed by atoms with Gasteiger partial charge in [-0.1, -0.05) is 39.8 Å². The maximum atomic E-state index is 13.4. The van der Waals surface area contributed by atoms with Gasteiger partial charge in [0, 0.05) is 0 Å². The van der Waals surface area contributed by atoms with Crippen molar-refractivity contribution in [3.63, 3.8) is 0 Å². The zero-order chi connectivity index (χ0) is 11.1. The minimum absolute atomic E-state index is 0.195. The van der Waals surface area contributed by atoms with E-state index in [2.05, 4.69) is 0 Å². The molecule has 0 unspecified atom stereocenters. The second kappa shape index (κ2) is 6.41. The highest BCUT2D eigenvalue weighted by Gasteiger charge is 2.10. The first-order valence-corrected chi connectivity index (χ1v) is 4.99. The molecule has 0 aromatic heterocycles. The molecular formula is C12H19FO. The molecule has 0 radical (unpaired) electrons. The molecule has 0 fully saturated rings. The van der Waals surface area contributed by atoms with Gasteiger partial charge in [0.15, 0.2) is 11.6 Å². The van der Waals surface area contributed by atoms with Crippen LogP contribution in [0.2, 0.25) is 0 Å². The number of benzene rings is 1. The van der Waals surface area contributed by atoms with E-state index in [0.717, 1.165) is 0 Å². The smallest absolute Gasteiger partial charge is 0.168 e. The number of ether oxygens (including phenoxy) is 1. The van der Waals surface area contributed by atoms with E-state index < -0.39 is 0 Å². The summed E-state index contributed by atoms with van der Waals surface area (Å²) < 4.78 is 18.3. The summed E-state index contributed by atoms with van der Waals surface area (Å²) in [6.07, 6.45) is 0. The van der Waals surface area contributed by atoms with Crippen molar-refractivity contribution in [3.05, 3.63) is 29.6 Å². The summed E-state index contributed by atoms with van der Waals surface area (Å²) in [5.74, 6) is 0.274.